The van der Waals surface area contributed by atoms with Gasteiger partial charge in [0.25, 0.3) is 0 Å². The zero-order chi connectivity index (χ0) is 9.68. The predicted octanol–water partition coefficient (Wildman–Crippen LogP) is 2.26. The number of nitrogens with zero attached hydrogens (tertiary/aromatic N) is 1. The lowest BCUT2D eigenvalue weighted by molar-refractivity contribution is -0.134. The number of amides is 1. The number of halogens is 1. The molecule has 1 aliphatic heterocycles. The van der Waals surface area contributed by atoms with E-state index in [0.717, 1.165) is 25.9 Å². The SMILES string of the molecule is CC(CCl)C(=O)N1CCCCCC1. The summed E-state index contributed by atoms with van der Waals surface area (Å²) >= 11 is 5.66. The van der Waals surface area contributed by atoms with E-state index in [9.17, 15) is 4.79 Å². The first kappa shape index (κ1) is 10.8. The van der Waals surface area contributed by atoms with Gasteiger partial charge in [-0.1, -0.05) is 19.8 Å². The van der Waals surface area contributed by atoms with Crippen LogP contribution in [-0.4, -0.2) is 29.8 Å². The second kappa shape index (κ2) is 5.48. The lowest BCUT2D eigenvalue weighted by Crippen LogP contribution is -2.36. The third kappa shape index (κ3) is 3.18. The van der Waals surface area contributed by atoms with Crippen molar-refractivity contribution in [2.75, 3.05) is 19.0 Å². The zero-order valence-electron chi connectivity index (χ0n) is 8.26. The van der Waals surface area contributed by atoms with Crippen molar-refractivity contribution in [1.29, 1.82) is 0 Å². The van der Waals surface area contributed by atoms with Gasteiger partial charge in [-0.05, 0) is 12.8 Å². The highest BCUT2D eigenvalue weighted by Gasteiger charge is 2.20. The maximum Gasteiger partial charge on any atom is 0.226 e. The molecule has 1 atom stereocenters. The maximum atomic E-state index is 11.7. The number of alkyl halides is 1. The highest BCUT2D eigenvalue weighted by atomic mass is 35.5. The molecule has 13 heavy (non-hydrogen) atoms. The zero-order valence-corrected chi connectivity index (χ0v) is 9.02. The van der Waals surface area contributed by atoms with Gasteiger partial charge in [-0.25, -0.2) is 0 Å². The number of hydrogen-bond acceptors (Lipinski definition) is 1. The van der Waals surface area contributed by atoms with E-state index >= 15 is 0 Å². The Balaban J connectivity index is 2.43. The number of hydrogen-bond donors (Lipinski definition) is 0. The van der Waals surface area contributed by atoms with Crippen molar-refractivity contribution >= 4 is 17.5 Å². The Kier molecular flexibility index (Phi) is 4.57. The standard InChI is InChI=1S/C10H18ClNO/c1-9(8-11)10(13)12-6-4-2-3-5-7-12/h9H,2-8H2,1H3. The van der Waals surface area contributed by atoms with Crippen LogP contribution in [0.25, 0.3) is 0 Å². The molecule has 2 nitrogen and oxygen atoms in total. The smallest absolute Gasteiger partial charge is 0.226 e. The van der Waals surface area contributed by atoms with Crippen molar-refractivity contribution in [3.05, 3.63) is 0 Å². The third-order valence-electron chi connectivity index (χ3n) is 2.57. The second-order valence-electron chi connectivity index (χ2n) is 3.79. The summed E-state index contributed by atoms with van der Waals surface area (Å²) < 4.78 is 0. The van der Waals surface area contributed by atoms with Gasteiger partial charge < -0.3 is 4.90 Å². The van der Waals surface area contributed by atoms with Crippen LogP contribution in [0.1, 0.15) is 32.6 Å². The van der Waals surface area contributed by atoms with Crippen LogP contribution in [0.2, 0.25) is 0 Å². The highest BCUT2D eigenvalue weighted by Crippen LogP contribution is 2.13. The summed E-state index contributed by atoms with van der Waals surface area (Å²) in [5.74, 6) is 0.659. The van der Waals surface area contributed by atoms with E-state index in [1.807, 2.05) is 11.8 Å². The Morgan fingerprint density at radius 3 is 2.31 bits per heavy atom. The Hall–Kier alpha value is -0.240. The lowest BCUT2D eigenvalue weighted by atomic mass is 10.2. The van der Waals surface area contributed by atoms with Crippen molar-refractivity contribution in [3.8, 4) is 0 Å². The van der Waals surface area contributed by atoms with Gasteiger partial charge in [0, 0.05) is 24.9 Å². The van der Waals surface area contributed by atoms with Crippen LogP contribution in [0.4, 0.5) is 0 Å². The minimum absolute atomic E-state index is 0.0141. The molecule has 3 heteroatoms. The Labute approximate surface area is 85.2 Å². The molecule has 1 rings (SSSR count). The average molecular weight is 204 g/mol. The van der Waals surface area contributed by atoms with Crippen LogP contribution < -0.4 is 0 Å². The van der Waals surface area contributed by atoms with Crippen LogP contribution >= 0.6 is 11.6 Å². The van der Waals surface area contributed by atoms with Gasteiger partial charge in [0.2, 0.25) is 5.91 Å². The van der Waals surface area contributed by atoms with Gasteiger partial charge in [-0.15, -0.1) is 11.6 Å². The van der Waals surface area contributed by atoms with E-state index < -0.39 is 0 Å². The number of likely N-dealkylation sites (tertiary alicyclic amines) is 1. The summed E-state index contributed by atoms with van der Waals surface area (Å²) in [7, 11) is 0. The number of carbonyl (C=O) groups excluding carboxylic acids is 1. The van der Waals surface area contributed by atoms with E-state index in [1.165, 1.54) is 12.8 Å². The molecule has 0 bridgehead atoms. The van der Waals surface area contributed by atoms with Crippen molar-refractivity contribution in [1.82, 2.24) is 4.90 Å². The molecule has 0 radical (unpaired) electrons. The van der Waals surface area contributed by atoms with Crippen LogP contribution in [0, 0.1) is 5.92 Å². The average Bonchev–Trinajstić information content (AvgIpc) is 2.43. The molecule has 1 amide bonds. The van der Waals surface area contributed by atoms with Crippen molar-refractivity contribution in [2.45, 2.75) is 32.6 Å². The predicted molar refractivity (Wildman–Crippen MR) is 54.9 cm³/mol. The number of rotatable bonds is 2. The van der Waals surface area contributed by atoms with Crippen LogP contribution in [0.5, 0.6) is 0 Å². The van der Waals surface area contributed by atoms with E-state index in [-0.39, 0.29) is 11.8 Å². The molecular weight excluding hydrogens is 186 g/mol. The summed E-state index contributed by atoms with van der Waals surface area (Å²) in [5.41, 5.74) is 0. The monoisotopic (exact) mass is 203 g/mol. The molecular formula is C10H18ClNO. The molecule has 1 fully saturated rings. The van der Waals surface area contributed by atoms with E-state index in [2.05, 4.69) is 0 Å². The summed E-state index contributed by atoms with van der Waals surface area (Å²) in [4.78, 5) is 13.7. The van der Waals surface area contributed by atoms with Crippen molar-refractivity contribution in [3.63, 3.8) is 0 Å². The topological polar surface area (TPSA) is 20.3 Å². The number of carbonyl (C=O) groups is 1. The first-order valence-electron chi connectivity index (χ1n) is 5.10. The fourth-order valence-electron chi connectivity index (χ4n) is 1.67. The van der Waals surface area contributed by atoms with Gasteiger partial charge in [0.15, 0.2) is 0 Å². The quantitative estimate of drug-likeness (QED) is 0.631. The van der Waals surface area contributed by atoms with Gasteiger partial charge in [0.05, 0.1) is 0 Å². The largest absolute Gasteiger partial charge is 0.342 e. The molecule has 1 saturated heterocycles. The fourth-order valence-corrected chi connectivity index (χ4v) is 1.80. The third-order valence-corrected chi connectivity index (χ3v) is 3.03. The maximum absolute atomic E-state index is 11.7. The first-order valence-corrected chi connectivity index (χ1v) is 5.64. The van der Waals surface area contributed by atoms with Crippen LogP contribution in [0.3, 0.4) is 0 Å². The van der Waals surface area contributed by atoms with E-state index in [0.29, 0.717) is 5.88 Å². The molecule has 76 valence electrons. The molecule has 0 spiro atoms. The minimum atomic E-state index is -0.0141. The molecule has 1 aliphatic rings. The molecule has 1 heterocycles. The summed E-state index contributed by atoms with van der Waals surface area (Å²) in [6, 6.07) is 0. The molecule has 0 aromatic carbocycles. The van der Waals surface area contributed by atoms with E-state index in [1.54, 1.807) is 0 Å². The van der Waals surface area contributed by atoms with Gasteiger partial charge in [0.1, 0.15) is 0 Å². The second-order valence-corrected chi connectivity index (χ2v) is 4.10. The fraction of sp³-hybridized carbons (Fsp3) is 0.900. The minimum Gasteiger partial charge on any atom is -0.342 e. The molecule has 0 aromatic heterocycles. The molecule has 0 N–H and O–H groups in total. The molecule has 0 saturated carbocycles. The normalized spacial score (nSPS) is 20.9. The van der Waals surface area contributed by atoms with Crippen LogP contribution in [-0.2, 0) is 4.79 Å². The Morgan fingerprint density at radius 2 is 1.85 bits per heavy atom. The van der Waals surface area contributed by atoms with Crippen molar-refractivity contribution in [2.24, 2.45) is 5.92 Å². The van der Waals surface area contributed by atoms with Gasteiger partial charge >= 0.3 is 0 Å². The Bertz CT molecular complexity index is 164. The van der Waals surface area contributed by atoms with E-state index in [4.69, 9.17) is 11.6 Å². The van der Waals surface area contributed by atoms with Crippen molar-refractivity contribution < 1.29 is 4.79 Å². The molecule has 0 aliphatic carbocycles. The van der Waals surface area contributed by atoms with Gasteiger partial charge in [-0.3, -0.25) is 4.79 Å². The highest BCUT2D eigenvalue weighted by molar-refractivity contribution is 6.19. The molecule has 1 unspecified atom stereocenters. The summed E-state index contributed by atoms with van der Waals surface area (Å²) in [5, 5.41) is 0. The van der Waals surface area contributed by atoms with Crippen LogP contribution in [0.15, 0.2) is 0 Å². The van der Waals surface area contributed by atoms with Gasteiger partial charge in [-0.2, -0.15) is 0 Å². The molecule has 0 aromatic rings. The Morgan fingerprint density at radius 1 is 1.31 bits per heavy atom. The lowest BCUT2D eigenvalue weighted by Gasteiger charge is -2.22. The first-order chi connectivity index (χ1) is 6.25. The summed E-state index contributed by atoms with van der Waals surface area (Å²) in [6.45, 7) is 3.76. The summed E-state index contributed by atoms with van der Waals surface area (Å²) in [6.07, 6.45) is 4.83.